The fourth-order valence-corrected chi connectivity index (χ4v) is 0.289. The van der Waals surface area contributed by atoms with E-state index in [2.05, 4.69) is 5.73 Å². The summed E-state index contributed by atoms with van der Waals surface area (Å²) in [6, 6.07) is 0. The van der Waals surface area contributed by atoms with E-state index in [1.807, 2.05) is 26.8 Å². The Balaban J connectivity index is 3.73. The molecule has 0 saturated heterocycles. The molecule has 0 bridgehead atoms. The maximum Gasteiger partial charge on any atom is -0.0349 e. The molecule has 0 heteroatoms. The summed E-state index contributed by atoms with van der Waals surface area (Å²) >= 11 is 0. The molecule has 0 aliphatic carbocycles. The highest BCUT2D eigenvalue weighted by molar-refractivity contribution is 4.91. The second-order valence-corrected chi connectivity index (χ2v) is 1.43. The van der Waals surface area contributed by atoms with Crippen molar-refractivity contribution in [2.75, 3.05) is 0 Å². The van der Waals surface area contributed by atoms with Crippen molar-refractivity contribution < 1.29 is 0 Å². The molecule has 0 radical (unpaired) electrons. The van der Waals surface area contributed by atoms with Crippen LogP contribution in [0.25, 0.3) is 0 Å². The molecule has 0 unspecified atom stereocenters. The molecule has 0 nitrogen and oxygen atoms in total. The maximum atomic E-state index is 3.00. The van der Waals surface area contributed by atoms with Crippen LogP contribution in [0, 0.1) is 0 Å². The van der Waals surface area contributed by atoms with E-state index in [0.717, 1.165) is 0 Å². The molecular weight excluding hydrogens is 72.1 g/mol. The molecule has 0 aliphatic rings. The van der Waals surface area contributed by atoms with Crippen molar-refractivity contribution in [2.24, 2.45) is 0 Å². The molecule has 0 aromatic rings. The molecule has 0 amide bonds. The summed E-state index contributed by atoms with van der Waals surface area (Å²) in [7, 11) is 0. The highest BCUT2D eigenvalue weighted by atomic mass is 13.7. The van der Waals surface area contributed by atoms with Crippen LogP contribution in [0.5, 0.6) is 0 Å². The molecule has 0 N–H and O–H groups in total. The lowest BCUT2D eigenvalue weighted by Crippen LogP contribution is -1.49. The van der Waals surface area contributed by atoms with Gasteiger partial charge in [-0.1, -0.05) is 0 Å². The second kappa shape index (κ2) is 2.74. The van der Waals surface area contributed by atoms with Crippen molar-refractivity contribution in [1.82, 2.24) is 0 Å². The van der Waals surface area contributed by atoms with Gasteiger partial charge in [-0.25, -0.2) is 0 Å². The lowest BCUT2D eigenvalue weighted by Gasteiger charge is -1.70. The van der Waals surface area contributed by atoms with Crippen LogP contribution in [-0.2, 0) is 0 Å². The Morgan fingerprint density at radius 1 is 1.50 bits per heavy atom. The monoisotopic (exact) mass is 82.1 g/mol. The first kappa shape index (κ1) is 5.52. The van der Waals surface area contributed by atoms with Gasteiger partial charge in [0.05, 0.1) is 0 Å². The molecule has 0 atom stereocenters. The molecule has 0 aromatic heterocycles. The van der Waals surface area contributed by atoms with Gasteiger partial charge in [0.1, 0.15) is 0 Å². The summed E-state index contributed by atoms with van der Waals surface area (Å²) in [6.45, 7) is 6.02. The first-order valence-electron chi connectivity index (χ1n) is 2.12. The second-order valence-electron chi connectivity index (χ2n) is 1.43. The van der Waals surface area contributed by atoms with Crippen molar-refractivity contribution in [2.45, 2.75) is 20.8 Å². The van der Waals surface area contributed by atoms with E-state index in [-0.39, 0.29) is 0 Å². The minimum atomic E-state index is 1.23. The van der Waals surface area contributed by atoms with Gasteiger partial charge in [0.25, 0.3) is 0 Å². The molecule has 0 heterocycles. The van der Waals surface area contributed by atoms with E-state index in [0.29, 0.717) is 0 Å². The summed E-state index contributed by atoms with van der Waals surface area (Å²) in [5.74, 6) is 0. The lowest BCUT2D eigenvalue weighted by atomic mass is 10.4. The van der Waals surface area contributed by atoms with E-state index in [9.17, 15) is 0 Å². The molecule has 34 valence electrons. The first-order valence-corrected chi connectivity index (χ1v) is 2.12. The molecule has 0 aromatic carbocycles. The van der Waals surface area contributed by atoms with Gasteiger partial charge in [-0.3, -0.25) is 0 Å². The highest BCUT2D eigenvalue weighted by Crippen LogP contribution is 1.80. The Hall–Kier alpha value is -0.480. The lowest BCUT2D eigenvalue weighted by molar-refractivity contribution is 1.40. The van der Waals surface area contributed by atoms with E-state index in [4.69, 9.17) is 0 Å². The van der Waals surface area contributed by atoms with Crippen LogP contribution in [0.1, 0.15) is 20.8 Å². The summed E-state index contributed by atoms with van der Waals surface area (Å²) in [5, 5.41) is 0. The summed E-state index contributed by atoms with van der Waals surface area (Å²) in [5.41, 5.74) is 4.23. The van der Waals surface area contributed by atoms with Crippen molar-refractivity contribution in [1.29, 1.82) is 0 Å². The average Bonchev–Trinajstić information content (AvgIpc) is 1.35. The third kappa shape index (κ3) is 3.52. The first-order chi connectivity index (χ1) is 2.77. The van der Waals surface area contributed by atoms with E-state index in [1.54, 1.807) is 0 Å². The largest absolute Gasteiger partial charge is 0.127 e. The molecular formula is C6H10. The molecule has 0 saturated carbocycles. The van der Waals surface area contributed by atoms with Crippen LogP contribution in [0.2, 0.25) is 0 Å². The molecule has 0 rings (SSSR count). The highest BCUT2D eigenvalue weighted by Gasteiger charge is 1.60. The maximum absolute atomic E-state index is 3.00. The molecule has 0 fully saturated rings. The normalized spacial score (nSPS) is 6.50. The third-order valence-corrected chi connectivity index (χ3v) is 0.433. The average molecular weight is 82.1 g/mol. The van der Waals surface area contributed by atoms with Gasteiger partial charge in [0.15, 0.2) is 0 Å². The van der Waals surface area contributed by atoms with Crippen LogP contribution in [0.3, 0.4) is 0 Å². The zero-order valence-electron chi connectivity index (χ0n) is 4.58. The number of hydrogen-bond acceptors (Lipinski definition) is 0. The minimum absolute atomic E-state index is 1.23. The zero-order chi connectivity index (χ0) is 4.99. The summed E-state index contributed by atoms with van der Waals surface area (Å²) in [6.07, 6.45) is 1.91. The minimum Gasteiger partial charge on any atom is -0.127 e. The molecule has 6 heavy (non-hydrogen) atoms. The van der Waals surface area contributed by atoms with E-state index < -0.39 is 0 Å². The van der Waals surface area contributed by atoms with Gasteiger partial charge in [-0.05, 0) is 32.4 Å². The van der Waals surface area contributed by atoms with Crippen LogP contribution < -0.4 is 0 Å². The Kier molecular flexibility index (Phi) is 2.52. The van der Waals surface area contributed by atoms with Crippen molar-refractivity contribution in [3.8, 4) is 0 Å². The Morgan fingerprint density at radius 2 is 2.00 bits per heavy atom. The predicted octanol–water partition coefficient (Wildman–Crippen LogP) is 2.13. The van der Waals surface area contributed by atoms with E-state index >= 15 is 0 Å². The van der Waals surface area contributed by atoms with Crippen molar-refractivity contribution in [3.63, 3.8) is 0 Å². The standard InChI is InChI=1S/C6H10/c1-4-5-6(2)3/h4H,1-3H3. The van der Waals surface area contributed by atoms with Gasteiger partial charge in [0.2, 0.25) is 0 Å². The van der Waals surface area contributed by atoms with E-state index in [1.165, 1.54) is 5.57 Å². The van der Waals surface area contributed by atoms with Gasteiger partial charge >= 0.3 is 0 Å². The Bertz CT molecular complexity index is 78.2. The third-order valence-electron chi connectivity index (χ3n) is 0.433. The quantitative estimate of drug-likeness (QED) is 0.393. The SMILES string of the molecule is CC=C=C(C)C. The Labute approximate surface area is 39.2 Å². The van der Waals surface area contributed by atoms with Gasteiger partial charge in [-0.15, -0.1) is 5.73 Å². The van der Waals surface area contributed by atoms with Gasteiger partial charge < -0.3 is 0 Å². The van der Waals surface area contributed by atoms with Gasteiger partial charge in [0, 0.05) is 0 Å². The number of rotatable bonds is 0. The van der Waals surface area contributed by atoms with Crippen LogP contribution in [0.15, 0.2) is 17.4 Å². The summed E-state index contributed by atoms with van der Waals surface area (Å²) in [4.78, 5) is 0. The molecule has 0 spiro atoms. The predicted molar refractivity (Wildman–Crippen MR) is 28.6 cm³/mol. The number of allylic oxidation sites excluding steroid dienone is 1. The summed E-state index contributed by atoms with van der Waals surface area (Å²) < 4.78 is 0. The van der Waals surface area contributed by atoms with Crippen LogP contribution >= 0.6 is 0 Å². The van der Waals surface area contributed by atoms with Crippen LogP contribution in [-0.4, -0.2) is 0 Å². The molecule has 0 aliphatic heterocycles. The smallest absolute Gasteiger partial charge is 0.0349 e. The van der Waals surface area contributed by atoms with Crippen molar-refractivity contribution in [3.05, 3.63) is 17.4 Å². The number of hydrogen-bond donors (Lipinski definition) is 0. The van der Waals surface area contributed by atoms with Crippen LogP contribution in [0.4, 0.5) is 0 Å². The van der Waals surface area contributed by atoms with Crippen molar-refractivity contribution >= 4 is 0 Å². The Morgan fingerprint density at radius 3 is 2.00 bits per heavy atom. The fourth-order valence-electron chi connectivity index (χ4n) is 0.289. The fraction of sp³-hybridized carbons (Fsp3) is 0.500. The van der Waals surface area contributed by atoms with Gasteiger partial charge in [-0.2, -0.15) is 0 Å². The zero-order valence-corrected chi connectivity index (χ0v) is 4.58. The topological polar surface area (TPSA) is 0 Å².